The molecule has 3 aromatic heterocycles. The van der Waals surface area contributed by atoms with E-state index >= 15 is 0 Å². The number of para-hydroxylation sites is 2. The van der Waals surface area contributed by atoms with Gasteiger partial charge >= 0.3 is 0 Å². The van der Waals surface area contributed by atoms with Gasteiger partial charge in [0.2, 0.25) is 0 Å². The summed E-state index contributed by atoms with van der Waals surface area (Å²) in [5.74, 6) is 0. The van der Waals surface area contributed by atoms with Gasteiger partial charge < -0.3 is 4.57 Å². The van der Waals surface area contributed by atoms with E-state index in [1.807, 2.05) is 49.4 Å². The minimum Gasteiger partial charge on any atom is -0.318 e. The summed E-state index contributed by atoms with van der Waals surface area (Å²) < 4.78 is 4.57. The number of hydrogen-bond donors (Lipinski definition) is 0. The van der Waals surface area contributed by atoms with Crippen molar-refractivity contribution in [2.24, 2.45) is 0 Å². The second-order valence-corrected chi connectivity index (χ2v) is 8.60. The van der Waals surface area contributed by atoms with Crippen LogP contribution in [0.3, 0.4) is 0 Å². The van der Waals surface area contributed by atoms with E-state index in [-0.39, 0.29) is 5.56 Å². The summed E-state index contributed by atoms with van der Waals surface area (Å²) in [4.78, 5) is 18.4. The fraction of sp³-hybridized carbons (Fsp3) is 0.130. The number of imidazole rings is 1. The smallest absolute Gasteiger partial charge is 0.274 e. The molecule has 2 aromatic carbocycles. The highest BCUT2D eigenvalue weighted by atomic mass is 35.5. The lowest BCUT2D eigenvalue weighted by Crippen LogP contribution is -2.22. The van der Waals surface area contributed by atoms with Crippen LogP contribution in [-0.2, 0) is 0 Å². The topological polar surface area (TPSA) is 39.3 Å². The minimum absolute atomic E-state index is 0.0255. The average molecular weight is 420 g/mol. The molecule has 0 radical (unpaired) electrons. The lowest BCUT2D eigenvalue weighted by molar-refractivity contribution is 0.954. The van der Waals surface area contributed by atoms with Crippen LogP contribution in [0.25, 0.3) is 27.8 Å². The first-order valence-corrected chi connectivity index (χ1v) is 10.5. The van der Waals surface area contributed by atoms with Gasteiger partial charge in [0.1, 0.15) is 0 Å². The Hall–Kier alpha value is -2.89. The number of halogens is 1. The van der Waals surface area contributed by atoms with Gasteiger partial charge in [-0.3, -0.25) is 4.79 Å². The molecular weight excluding hydrogens is 402 g/mol. The van der Waals surface area contributed by atoms with Crippen molar-refractivity contribution in [3.63, 3.8) is 0 Å². The van der Waals surface area contributed by atoms with Crippen LogP contribution >= 0.6 is 22.9 Å². The predicted octanol–water partition coefficient (Wildman–Crippen LogP) is 4.83. The molecule has 0 unspecified atom stereocenters. The molecule has 5 aromatic rings. The molecule has 0 saturated heterocycles. The number of thiazole rings is 1. The fourth-order valence-corrected chi connectivity index (χ4v) is 5.04. The Labute approximate surface area is 176 Å². The number of nitrogens with zero attached hydrogens (tertiary/aromatic N) is 3. The Morgan fingerprint density at radius 2 is 1.86 bits per heavy atom. The van der Waals surface area contributed by atoms with E-state index in [1.54, 1.807) is 4.40 Å². The first-order chi connectivity index (χ1) is 14.0. The second kappa shape index (κ2) is 6.58. The maximum absolute atomic E-state index is 13.1. The van der Waals surface area contributed by atoms with Gasteiger partial charge in [0.25, 0.3) is 5.56 Å². The number of rotatable bonds is 2. The average Bonchev–Trinajstić information content (AvgIpc) is 3.30. The van der Waals surface area contributed by atoms with Crippen molar-refractivity contribution in [1.82, 2.24) is 14.0 Å². The lowest BCUT2D eigenvalue weighted by atomic mass is 10.2. The highest BCUT2D eigenvalue weighted by Crippen LogP contribution is 2.27. The Bertz CT molecular complexity index is 1520. The zero-order valence-electron chi connectivity index (χ0n) is 16.2. The summed E-state index contributed by atoms with van der Waals surface area (Å²) in [6.07, 6.45) is 1.97. The Balaban J connectivity index is 1.72. The Morgan fingerprint density at radius 3 is 2.69 bits per heavy atom. The normalized spacial score (nSPS) is 12.5. The third-order valence-corrected chi connectivity index (χ3v) is 6.76. The van der Waals surface area contributed by atoms with Gasteiger partial charge in [-0.05, 0) is 68.3 Å². The highest BCUT2D eigenvalue weighted by Gasteiger charge is 2.14. The van der Waals surface area contributed by atoms with E-state index < -0.39 is 0 Å². The van der Waals surface area contributed by atoms with Crippen molar-refractivity contribution < 1.29 is 0 Å². The first kappa shape index (κ1) is 18.2. The SMILES string of the molecule is Cc1c(Cl)cccc1-n1c(C)cc(/C=c2\sc3nc4ccccc4n3c2=O)c1C. The van der Waals surface area contributed by atoms with E-state index in [1.165, 1.54) is 11.3 Å². The van der Waals surface area contributed by atoms with Gasteiger partial charge in [0.05, 0.1) is 15.6 Å². The quantitative estimate of drug-likeness (QED) is 0.411. The summed E-state index contributed by atoms with van der Waals surface area (Å²) in [6.45, 7) is 6.16. The molecule has 0 aliphatic carbocycles. The van der Waals surface area contributed by atoms with Crippen molar-refractivity contribution in [3.05, 3.63) is 91.0 Å². The molecule has 0 spiro atoms. The van der Waals surface area contributed by atoms with E-state index in [4.69, 9.17) is 11.6 Å². The molecule has 144 valence electrons. The van der Waals surface area contributed by atoms with Crippen LogP contribution in [0, 0.1) is 20.8 Å². The van der Waals surface area contributed by atoms with Crippen LogP contribution in [0.4, 0.5) is 0 Å². The fourth-order valence-electron chi connectivity index (χ4n) is 3.90. The molecule has 3 heterocycles. The van der Waals surface area contributed by atoms with Crippen LogP contribution in [-0.4, -0.2) is 14.0 Å². The second-order valence-electron chi connectivity index (χ2n) is 7.18. The maximum Gasteiger partial charge on any atom is 0.274 e. The molecule has 0 aliphatic rings. The van der Waals surface area contributed by atoms with Crippen LogP contribution in [0.1, 0.15) is 22.5 Å². The zero-order valence-corrected chi connectivity index (χ0v) is 17.8. The Morgan fingerprint density at radius 1 is 1.07 bits per heavy atom. The van der Waals surface area contributed by atoms with Crippen molar-refractivity contribution in [3.8, 4) is 5.69 Å². The van der Waals surface area contributed by atoms with Gasteiger partial charge in [-0.2, -0.15) is 0 Å². The van der Waals surface area contributed by atoms with Crippen molar-refractivity contribution >= 4 is 45.0 Å². The third kappa shape index (κ3) is 2.73. The predicted molar refractivity (Wildman–Crippen MR) is 121 cm³/mol. The largest absolute Gasteiger partial charge is 0.318 e. The molecule has 0 fully saturated rings. The summed E-state index contributed by atoms with van der Waals surface area (Å²) in [5, 5.41) is 0.744. The number of aryl methyl sites for hydroxylation is 1. The maximum atomic E-state index is 13.1. The molecule has 0 aliphatic heterocycles. The monoisotopic (exact) mass is 419 g/mol. The highest BCUT2D eigenvalue weighted by molar-refractivity contribution is 7.15. The molecule has 0 atom stereocenters. The summed E-state index contributed by atoms with van der Waals surface area (Å²) in [7, 11) is 0. The molecular formula is C23H18ClN3OS. The van der Waals surface area contributed by atoms with Gasteiger partial charge in [0, 0.05) is 22.1 Å². The van der Waals surface area contributed by atoms with E-state index in [0.717, 1.165) is 49.2 Å². The van der Waals surface area contributed by atoms with Gasteiger partial charge in [-0.15, -0.1) is 0 Å². The number of benzene rings is 2. The van der Waals surface area contributed by atoms with Crippen molar-refractivity contribution in [2.75, 3.05) is 0 Å². The van der Waals surface area contributed by atoms with Crippen molar-refractivity contribution in [1.29, 1.82) is 0 Å². The van der Waals surface area contributed by atoms with Crippen molar-refractivity contribution in [2.45, 2.75) is 20.8 Å². The molecule has 5 rings (SSSR count). The number of hydrogen-bond acceptors (Lipinski definition) is 3. The molecule has 29 heavy (non-hydrogen) atoms. The minimum atomic E-state index is -0.0255. The summed E-state index contributed by atoms with van der Waals surface area (Å²) >= 11 is 7.76. The number of fused-ring (bicyclic) bond motifs is 3. The van der Waals surface area contributed by atoms with E-state index in [0.29, 0.717) is 4.53 Å². The zero-order chi connectivity index (χ0) is 20.3. The van der Waals surface area contributed by atoms with E-state index in [2.05, 4.69) is 35.5 Å². The third-order valence-electron chi connectivity index (χ3n) is 5.38. The van der Waals surface area contributed by atoms with Crippen LogP contribution < -0.4 is 10.1 Å². The molecule has 0 N–H and O–H groups in total. The van der Waals surface area contributed by atoms with Gasteiger partial charge in [0.15, 0.2) is 4.96 Å². The number of aromatic nitrogens is 3. The molecule has 0 saturated carbocycles. The molecule has 0 amide bonds. The van der Waals surface area contributed by atoms with Crippen LogP contribution in [0.2, 0.25) is 5.02 Å². The standard InChI is InChI=1S/C23H18ClN3OS/c1-13-11-16(15(3)26(13)19-10-6-7-17(24)14(19)2)12-21-22(28)27-20-9-5-4-8-18(20)25-23(27)29-21/h4-12H,1-3H3/b21-12-. The lowest BCUT2D eigenvalue weighted by Gasteiger charge is -2.13. The molecule has 0 bridgehead atoms. The van der Waals surface area contributed by atoms with Crippen LogP contribution in [0.15, 0.2) is 53.3 Å². The molecule has 6 heteroatoms. The van der Waals surface area contributed by atoms with Gasteiger partial charge in [-0.25, -0.2) is 9.38 Å². The van der Waals surface area contributed by atoms with Crippen LogP contribution in [0.5, 0.6) is 0 Å². The van der Waals surface area contributed by atoms with E-state index in [9.17, 15) is 4.79 Å². The first-order valence-electron chi connectivity index (χ1n) is 9.32. The summed E-state index contributed by atoms with van der Waals surface area (Å²) in [5.41, 5.74) is 6.95. The summed E-state index contributed by atoms with van der Waals surface area (Å²) in [6, 6.07) is 15.8. The Kier molecular flexibility index (Phi) is 4.12. The molecule has 4 nitrogen and oxygen atoms in total. The van der Waals surface area contributed by atoms with Gasteiger partial charge in [-0.1, -0.05) is 41.1 Å².